The first kappa shape index (κ1) is 19.9. The van der Waals surface area contributed by atoms with Crippen LogP contribution < -0.4 is 0 Å². The second-order valence-electron chi connectivity index (χ2n) is 9.16. The topological polar surface area (TPSA) is 55.2 Å². The molecule has 2 aliphatic heterocycles. The fraction of sp³-hybridized carbons (Fsp3) is 0.346. The molecule has 4 aromatic rings. The van der Waals surface area contributed by atoms with Crippen molar-refractivity contribution in [2.24, 2.45) is 0 Å². The van der Waals surface area contributed by atoms with Gasteiger partial charge in [-0.2, -0.15) is 0 Å². The summed E-state index contributed by atoms with van der Waals surface area (Å²) in [7, 11) is -3.75. The van der Waals surface area contributed by atoms with Gasteiger partial charge in [0.2, 0.25) is 0 Å². The normalized spacial score (nSPS) is 22.2. The molecular weight excluding hydrogens is 418 g/mol. The van der Waals surface area contributed by atoms with E-state index in [0.29, 0.717) is 22.4 Å². The van der Waals surface area contributed by atoms with Gasteiger partial charge in [-0.25, -0.2) is 12.4 Å². The molecule has 2 aliphatic rings. The molecule has 2 saturated heterocycles. The Morgan fingerprint density at radius 2 is 1.78 bits per heavy atom. The van der Waals surface area contributed by atoms with Crippen molar-refractivity contribution in [1.29, 1.82) is 0 Å². The van der Waals surface area contributed by atoms with Gasteiger partial charge in [-0.1, -0.05) is 42.8 Å². The lowest BCUT2D eigenvalue weighted by Gasteiger charge is -2.42. The highest BCUT2D eigenvalue weighted by Crippen LogP contribution is 2.40. The number of fused-ring (bicyclic) bond motifs is 3. The third-order valence-corrected chi connectivity index (χ3v) is 9.13. The third-order valence-electron chi connectivity index (χ3n) is 7.40. The lowest BCUT2D eigenvalue weighted by Crippen LogP contribution is -2.44. The number of piperidine rings is 2. The number of aromatic nitrogens is 2. The number of benzene rings is 2. The Balaban J connectivity index is 1.48. The van der Waals surface area contributed by atoms with Crippen LogP contribution in [0, 0.1) is 0 Å². The average Bonchev–Trinajstić information content (AvgIpc) is 3.24. The molecule has 0 N–H and O–H groups in total. The molecule has 2 atom stereocenters. The third kappa shape index (κ3) is 3.16. The smallest absolute Gasteiger partial charge is 0.268 e. The molecule has 164 valence electrons. The highest BCUT2D eigenvalue weighted by atomic mass is 32.2. The fourth-order valence-corrected chi connectivity index (χ4v) is 7.39. The minimum atomic E-state index is -3.75. The maximum absolute atomic E-state index is 13.9. The van der Waals surface area contributed by atoms with Gasteiger partial charge in [-0.15, -0.1) is 0 Å². The van der Waals surface area contributed by atoms with Crippen LogP contribution in [0.15, 0.2) is 72.0 Å². The van der Waals surface area contributed by atoms with E-state index in [1.807, 2.05) is 54.9 Å². The first-order valence-corrected chi connectivity index (χ1v) is 13.0. The maximum Gasteiger partial charge on any atom is 0.268 e. The number of hydrogen-bond donors (Lipinski definition) is 0. The van der Waals surface area contributed by atoms with Gasteiger partial charge in [-0.3, -0.25) is 4.98 Å². The summed E-state index contributed by atoms with van der Waals surface area (Å²) in [5, 5.41) is 2.64. The van der Waals surface area contributed by atoms with Crippen LogP contribution in [-0.4, -0.2) is 41.4 Å². The predicted molar refractivity (Wildman–Crippen MR) is 127 cm³/mol. The summed E-state index contributed by atoms with van der Waals surface area (Å²) in [6.07, 6.45) is 11.4. The standard InChI is InChI=1S/C26H27N3O2S/c30-32(31,26-10-5-7-19-6-1-2-9-22(19)26)29-18-24(23-17-27-13-11-25(23)29)20-12-15-28-14-4-3-8-21(28)16-20/h1-2,5-7,9-11,13,17-18,20-21H,3-4,8,12,14-16H2. The molecule has 6 rings (SSSR count). The summed E-state index contributed by atoms with van der Waals surface area (Å²) < 4.78 is 29.3. The molecule has 0 radical (unpaired) electrons. The van der Waals surface area contributed by atoms with Crippen molar-refractivity contribution in [2.45, 2.75) is 49.0 Å². The molecule has 2 fully saturated rings. The van der Waals surface area contributed by atoms with Crippen LogP contribution in [0.3, 0.4) is 0 Å². The first-order chi connectivity index (χ1) is 15.6. The summed E-state index contributed by atoms with van der Waals surface area (Å²) in [6, 6.07) is 15.6. The Labute approximate surface area is 188 Å². The van der Waals surface area contributed by atoms with Gasteiger partial charge in [0.05, 0.1) is 10.4 Å². The van der Waals surface area contributed by atoms with Crippen molar-refractivity contribution in [1.82, 2.24) is 13.9 Å². The van der Waals surface area contributed by atoms with Crippen LogP contribution in [-0.2, 0) is 10.0 Å². The Hall–Kier alpha value is -2.70. The van der Waals surface area contributed by atoms with Crippen LogP contribution in [0.25, 0.3) is 21.7 Å². The molecule has 0 saturated carbocycles. The zero-order valence-electron chi connectivity index (χ0n) is 18.0. The van der Waals surface area contributed by atoms with Gasteiger partial charge in [0.15, 0.2) is 0 Å². The second-order valence-corrected chi connectivity index (χ2v) is 10.9. The second kappa shape index (κ2) is 7.71. The Kier molecular flexibility index (Phi) is 4.81. The van der Waals surface area contributed by atoms with E-state index in [0.717, 1.165) is 41.1 Å². The quantitative estimate of drug-likeness (QED) is 0.437. The summed E-state index contributed by atoms with van der Waals surface area (Å²) in [4.78, 5) is 7.32. The number of pyridine rings is 1. The first-order valence-electron chi connectivity index (χ1n) is 11.6. The highest BCUT2D eigenvalue weighted by molar-refractivity contribution is 7.90. The zero-order chi connectivity index (χ0) is 21.7. The largest absolute Gasteiger partial charge is 0.300 e. The molecule has 4 heterocycles. The van der Waals surface area contributed by atoms with Crippen LogP contribution in [0.4, 0.5) is 0 Å². The van der Waals surface area contributed by atoms with Crippen molar-refractivity contribution in [3.05, 3.63) is 72.7 Å². The summed E-state index contributed by atoms with van der Waals surface area (Å²) >= 11 is 0. The van der Waals surface area contributed by atoms with Crippen molar-refractivity contribution in [2.75, 3.05) is 13.1 Å². The van der Waals surface area contributed by atoms with E-state index in [1.165, 1.54) is 29.8 Å². The van der Waals surface area contributed by atoms with E-state index < -0.39 is 10.0 Å². The van der Waals surface area contributed by atoms with Crippen LogP contribution in [0.1, 0.15) is 43.6 Å². The number of rotatable bonds is 3. The molecule has 0 aliphatic carbocycles. The van der Waals surface area contributed by atoms with Crippen molar-refractivity contribution >= 4 is 31.7 Å². The summed E-state index contributed by atoms with van der Waals surface area (Å²) in [6.45, 7) is 2.30. The molecule has 0 amide bonds. The van der Waals surface area contributed by atoms with Gasteiger partial charge in [-0.05, 0) is 67.8 Å². The minimum absolute atomic E-state index is 0.345. The highest BCUT2D eigenvalue weighted by Gasteiger charge is 2.33. The van der Waals surface area contributed by atoms with Crippen molar-refractivity contribution < 1.29 is 8.42 Å². The lowest BCUT2D eigenvalue weighted by molar-refractivity contribution is 0.0977. The van der Waals surface area contributed by atoms with E-state index in [1.54, 1.807) is 12.3 Å². The SMILES string of the molecule is O=S(=O)(c1cccc2ccccc12)n1cc(C2CCN3CCCCC3C2)c2cnccc21. The Morgan fingerprint density at radius 1 is 0.906 bits per heavy atom. The number of hydrogen-bond acceptors (Lipinski definition) is 4. The molecule has 0 spiro atoms. The molecule has 2 aromatic heterocycles. The summed E-state index contributed by atoms with van der Waals surface area (Å²) in [5.74, 6) is 0.366. The van der Waals surface area contributed by atoms with Crippen molar-refractivity contribution in [3.8, 4) is 0 Å². The van der Waals surface area contributed by atoms with Crippen molar-refractivity contribution in [3.63, 3.8) is 0 Å². The molecular formula is C26H27N3O2S. The van der Waals surface area contributed by atoms with E-state index in [2.05, 4.69) is 9.88 Å². The average molecular weight is 446 g/mol. The van der Waals surface area contributed by atoms with E-state index in [9.17, 15) is 8.42 Å². The lowest BCUT2D eigenvalue weighted by atomic mass is 9.82. The Morgan fingerprint density at radius 3 is 2.72 bits per heavy atom. The van der Waals surface area contributed by atoms with E-state index in [4.69, 9.17) is 0 Å². The zero-order valence-corrected chi connectivity index (χ0v) is 18.8. The van der Waals surface area contributed by atoms with Crippen LogP contribution >= 0.6 is 0 Å². The van der Waals surface area contributed by atoms with E-state index >= 15 is 0 Å². The minimum Gasteiger partial charge on any atom is -0.300 e. The summed E-state index contributed by atoms with van der Waals surface area (Å²) in [5.41, 5.74) is 1.84. The van der Waals surface area contributed by atoms with Gasteiger partial charge < -0.3 is 4.90 Å². The molecule has 2 unspecified atom stereocenters. The van der Waals surface area contributed by atoms with Gasteiger partial charge in [0, 0.05) is 35.4 Å². The van der Waals surface area contributed by atoms with Gasteiger partial charge >= 0.3 is 0 Å². The van der Waals surface area contributed by atoms with E-state index in [-0.39, 0.29) is 0 Å². The molecule has 0 bridgehead atoms. The van der Waals surface area contributed by atoms with Gasteiger partial charge in [0.25, 0.3) is 10.0 Å². The monoisotopic (exact) mass is 445 g/mol. The van der Waals surface area contributed by atoms with Crippen LogP contribution in [0.2, 0.25) is 0 Å². The Bertz CT molecular complexity index is 1400. The molecule has 6 heteroatoms. The van der Waals surface area contributed by atoms with Crippen LogP contribution in [0.5, 0.6) is 0 Å². The predicted octanol–water partition coefficient (Wildman–Crippen LogP) is 5.16. The molecule has 2 aromatic carbocycles. The molecule has 5 nitrogen and oxygen atoms in total. The van der Waals surface area contributed by atoms with Gasteiger partial charge in [0.1, 0.15) is 0 Å². The maximum atomic E-state index is 13.9. The molecule has 32 heavy (non-hydrogen) atoms. The fourth-order valence-electron chi connectivity index (χ4n) is 5.79. The number of nitrogens with zero attached hydrogens (tertiary/aromatic N) is 3.